The van der Waals surface area contributed by atoms with Crippen LogP contribution < -0.4 is 0 Å². The molecule has 0 fully saturated rings. The molecule has 0 aromatic heterocycles. The summed E-state index contributed by atoms with van der Waals surface area (Å²) in [5.41, 5.74) is 1.81. The van der Waals surface area contributed by atoms with Crippen LogP contribution in [0.4, 0.5) is 0 Å². The van der Waals surface area contributed by atoms with Gasteiger partial charge in [-0.15, -0.1) is 0 Å². The van der Waals surface area contributed by atoms with E-state index in [-0.39, 0.29) is 0 Å². The fourth-order valence-electron chi connectivity index (χ4n) is 1.51. The number of ether oxygens (including phenoxy) is 1. The molecule has 0 saturated carbocycles. The zero-order chi connectivity index (χ0) is 12.2. The molecule has 1 atom stereocenters. The predicted octanol–water partition coefficient (Wildman–Crippen LogP) is 3.53. The van der Waals surface area contributed by atoms with Gasteiger partial charge >= 0.3 is 5.97 Å². The van der Waals surface area contributed by atoms with Gasteiger partial charge in [-0.3, -0.25) is 0 Å². The van der Waals surface area contributed by atoms with Crippen molar-refractivity contribution >= 4 is 17.6 Å². The van der Waals surface area contributed by atoms with Gasteiger partial charge < -0.3 is 4.74 Å². The SMILES string of the molecule is C=CC(=O)OC(Cl)(CC)c1ccccc1C. The molecule has 16 heavy (non-hydrogen) atoms. The number of benzene rings is 1. The minimum atomic E-state index is -1.10. The van der Waals surface area contributed by atoms with Crippen LogP contribution in [0, 0.1) is 6.92 Å². The van der Waals surface area contributed by atoms with Gasteiger partial charge in [0.2, 0.25) is 5.06 Å². The van der Waals surface area contributed by atoms with Crippen LogP contribution in [0.1, 0.15) is 24.5 Å². The molecular weight excluding hydrogens is 224 g/mol. The molecule has 1 rings (SSSR count). The van der Waals surface area contributed by atoms with Crippen molar-refractivity contribution in [2.24, 2.45) is 0 Å². The van der Waals surface area contributed by atoms with Gasteiger partial charge in [-0.2, -0.15) is 0 Å². The van der Waals surface area contributed by atoms with Crippen molar-refractivity contribution in [2.75, 3.05) is 0 Å². The Bertz CT molecular complexity index is 401. The smallest absolute Gasteiger partial charge is 0.332 e. The molecule has 0 radical (unpaired) electrons. The molecule has 1 aromatic rings. The first-order valence-electron chi connectivity index (χ1n) is 5.14. The second-order valence-electron chi connectivity index (χ2n) is 3.52. The summed E-state index contributed by atoms with van der Waals surface area (Å²) in [5, 5.41) is -1.10. The fraction of sp³-hybridized carbons (Fsp3) is 0.308. The maximum atomic E-state index is 11.2. The van der Waals surface area contributed by atoms with Crippen LogP contribution in [-0.2, 0) is 14.6 Å². The third kappa shape index (κ3) is 2.64. The molecule has 3 heteroatoms. The Morgan fingerprint density at radius 3 is 2.69 bits per heavy atom. The molecule has 1 unspecified atom stereocenters. The number of carbonyl (C=O) groups excluding carboxylic acids is 1. The third-order valence-corrected chi connectivity index (χ3v) is 2.98. The Hall–Kier alpha value is -1.28. The number of esters is 1. The fourth-order valence-corrected chi connectivity index (χ4v) is 1.80. The summed E-state index contributed by atoms with van der Waals surface area (Å²) in [5.74, 6) is -0.514. The summed E-state index contributed by atoms with van der Waals surface area (Å²) in [6.07, 6.45) is 1.62. The molecular formula is C13H15ClO2. The molecule has 0 aliphatic heterocycles. The standard InChI is InChI=1S/C13H15ClO2/c1-4-12(15)16-13(14,5-2)11-9-7-6-8-10(11)3/h4,6-9H,1,5H2,2-3H3. The molecule has 0 saturated heterocycles. The molecule has 0 amide bonds. The summed E-state index contributed by atoms with van der Waals surface area (Å²) < 4.78 is 5.21. The van der Waals surface area contributed by atoms with Crippen LogP contribution >= 0.6 is 11.6 Å². The monoisotopic (exact) mass is 238 g/mol. The summed E-state index contributed by atoms with van der Waals surface area (Å²) in [6.45, 7) is 7.17. The Morgan fingerprint density at radius 1 is 1.56 bits per heavy atom. The lowest BCUT2D eigenvalue weighted by atomic mass is 10.0. The second kappa shape index (κ2) is 5.17. The van der Waals surface area contributed by atoms with Gasteiger partial charge in [0, 0.05) is 18.1 Å². The first kappa shape index (κ1) is 12.8. The molecule has 0 N–H and O–H groups in total. The van der Waals surface area contributed by atoms with Crippen molar-refractivity contribution in [1.82, 2.24) is 0 Å². The summed E-state index contributed by atoms with van der Waals surface area (Å²) in [6, 6.07) is 7.59. The van der Waals surface area contributed by atoms with Crippen molar-refractivity contribution < 1.29 is 9.53 Å². The zero-order valence-electron chi connectivity index (χ0n) is 9.50. The van der Waals surface area contributed by atoms with E-state index in [0.29, 0.717) is 6.42 Å². The van der Waals surface area contributed by atoms with E-state index >= 15 is 0 Å². The summed E-state index contributed by atoms with van der Waals surface area (Å²) in [7, 11) is 0. The predicted molar refractivity (Wildman–Crippen MR) is 65.3 cm³/mol. The molecule has 0 spiro atoms. The highest BCUT2D eigenvalue weighted by Gasteiger charge is 2.32. The molecule has 0 bridgehead atoms. The van der Waals surface area contributed by atoms with Crippen molar-refractivity contribution in [3.63, 3.8) is 0 Å². The zero-order valence-corrected chi connectivity index (χ0v) is 10.3. The van der Waals surface area contributed by atoms with E-state index in [1.807, 2.05) is 38.1 Å². The van der Waals surface area contributed by atoms with E-state index in [9.17, 15) is 4.79 Å². The van der Waals surface area contributed by atoms with E-state index in [2.05, 4.69) is 6.58 Å². The summed E-state index contributed by atoms with van der Waals surface area (Å²) in [4.78, 5) is 11.2. The number of aryl methyl sites for hydroxylation is 1. The van der Waals surface area contributed by atoms with Crippen LogP contribution in [0.5, 0.6) is 0 Å². The van der Waals surface area contributed by atoms with E-state index < -0.39 is 11.0 Å². The normalized spacial score (nSPS) is 13.9. The van der Waals surface area contributed by atoms with Crippen molar-refractivity contribution in [2.45, 2.75) is 25.3 Å². The van der Waals surface area contributed by atoms with Gasteiger partial charge in [0.05, 0.1) is 0 Å². The minimum absolute atomic E-state index is 0.499. The van der Waals surface area contributed by atoms with Crippen LogP contribution in [-0.4, -0.2) is 5.97 Å². The summed E-state index contributed by atoms with van der Waals surface area (Å²) >= 11 is 6.34. The number of carbonyl (C=O) groups is 1. The van der Waals surface area contributed by atoms with E-state index in [4.69, 9.17) is 16.3 Å². The molecule has 86 valence electrons. The van der Waals surface area contributed by atoms with Crippen LogP contribution in [0.25, 0.3) is 0 Å². The van der Waals surface area contributed by atoms with E-state index in [0.717, 1.165) is 17.2 Å². The number of hydrogen-bond acceptors (Lipinski definition) is 2. The molecule has 2 nitrogen and oxygen atoms in total. The third-order valence-electron chi connectivity index (χ3n) is 2.43. The Kier molecular flexibility index (Phi) is 4.13. The lowest BCUT2D eigenvalue weighted by molar-refractivity contribution is -0.147. The minimum Gasteiger partial charge on any atom is -0.436 e. The second-order valence-corrected chi connectivity index (χ2v) is 4.13. The molecule has 1 aromatic carbocycles. The highest BCUT2D eigenvalue weighted by atomic mass is 35.5. The largest absolute Gasteiger partial charge is 0.436 e. The highest BCUT2D eigenvalue weighted by molar-refractivity contribution is 6.23. The molecule has 0 heterocycles. The Morgan fingerprint density at radius 2 is 2.19 bits per heavy atom. The Labute approximate surface area is 101 Å². The van der Waals surface area contributed by atoms with E-state index in [1.165, 1.54) is 0 Å². The maximum Gasteiger partial charge on any atom is 0.332 e. The first-order chi connectivity index (χ1) is 7.53. The topological polar surface area (TPSA) is 26.3 Å². The van der Waals surface area contributed by atoms with Crippen molar-refractivity contribution in [3.05, 3.63) is 48.0 Å². The van der Waals surface area contributed by atoms with E-state index in [1.54, 1.807) is 0 Å². The molecule has 0 aliphatic carbocycles. The Balaban J connectivity index is 3.09. The van der Waals surface area contributed by atoms with Gasteiger partial charge in [0.25, 0.3) is 0 Å². The number of alkyl halides is 1. The average Bonchev–Trinajstić information content (AvgIpc) is 2.29. The van der Waals surface area contributed by atoms with Crippen LogP contribution in [0.3, 0.4) is 0 Å². The first-order valence-corrected chi connectivity index (χ1v) is 5.51. The van der Waals surface area contributed by atoms with Crippen LogP contribution in [0.2, 0.25) is 0 Å². The van der Waals surface area contributed by atoms with Gasteiger partial charge in [0.15, 0.2) is 0 Å². The van der Waals surface area contributed by atoms with Crippen molar-refractivity contribution in [1.29, 1.82) is 0 Å². The average molecular weight is 239 g/mol. The van der Waals surface area contributed by atoms with Gasteiger partial charge in [0.1, 0.15) is 0 Å². The number of halogens is 1. The number of rotatable bonds is 4. The lowest BCUT2D eigenvalue weighted by Gasteiger charge is -2.27. The lowest BCUT2D eigenvalue weighted by Crippen LogP contribution is -2.25. The quantitative estimate of drug-likeness (QED) is 0.456. The van der Waals surface area contributed by atoms with Gasteiger partial charge in [-0.1, -0.05) is 49.4 Å². The van der Waals surface area contributed by atoms with Gasteiger partial charge in [-0.25, -0.2) is 4.79 Å². The maximum absolute atomic E-state index is 11.2. The number of hydrogen-bond donors (Lipinski definition) is 0. The van der Waals surface area contributed by atoms with Crippen molar-refractivity contribution in [3.8, 4) is 0 Å². The van der Waals surface area contributed by atoms with Gasteiger partial charge in [-0.05, 0) is 12.5 Å². The highest BCUT2D eigenvalue weighted by Crippen LogP contribution is 2.36. The molecule has 0 aliphatic rings. The van der Waals surface area contributed by atoms with Crippen LogP contribution in [0.15, 0.2) is 36.9 Å².